The molecule has 0 radical (unpaired) electrons. The summed E-state index contributed by atoms with van der Waals surface area (Å²) in [6.07, 6.45) is 1.59. The van der Waals surface area contributed by atoms with Gasteiger partial charge in [-0.2, -0.15) is 5.10 Å². The van der Waals surface area contributed by atoms with Crippen molar-refractivity contribution in [2.45, 2.75) is 13.5 Å². The number of benzene rings is 1. The molecule has 0 aliphatic heterocycles. The number of nitrogen functional groups attached to an aromatic ring is 1. The van der Waals surface area contributed by atoms with Crippen LogP contribution in [0.4, 0.5) is 5.69 Å². The zero-order chi connectivity index (χ0) is 13.1. The van der Waals surface area contributed by atoms with Crippen LogP contribution in [0, 0.1) is 6.92 Å². The number of hydrogen-bond donors (Lipinski definition) is 2. The first-order valence-corrected chi connectivity index (χ1v) is 5.55. The molecule has 2 aromatic rings. The molecule has 6 heteroatoms. The Morgan fingerprint density at radius 1 is 1.50 bits per heavy atom. The number of rotatable bonds is 3. The summed E-state index contributed by atoms with van der Waals surface area (Å²) in [5.74, 6) is 0.389. The van der Waals surface area contributed by atoms with Gasteiger partial charge in [-0.1, -0.05) is 6.07 Å². The van der Waals surface area contributed by atoms with E-state index in [9.17, 15) is 4.79 Å². The summed E-state index contributed by atoms with van der Waals surface area (Å²) in [6.45, 7) is 2.20. The maximum atomic E-state index is 11.9. The molecular formula is C12H15N5O. The van der Waals surface area contributed by atoms with Crippen molar-refractivity contribution in [2.24, 2.45) is 7.05 Å². The zero-order valence-electron chi connectivity index (χ0n) is 10.3. The number of carbonyl (C=O) groups is 1. The Morgan fingerprint density at radius 3 is 2.89 bits per heavy atom. The summed E-state index contributed by atoms with van der Waals surface area (Å²) in [6, 6.07) is 5.23. The van der Waals surface area contributed by atoms with E-state index in [1.54, 1.807) is 30.2 Å². The molecule has 1 aromatic heterocycles. The van der Waals surface area contributed by atoms with Gasteiger partial charge in [0.25, 0.3) is 5.91 Å². The number of aryl methyl sites for hydroxylation is 2. The van der Waals surface area contributed by atoms with Crippen LogP contribution in [-0.4, -0.2) is 20.7 Å². The molecule has 6 nitrogen and oxygen atoms in total. The molecule has 1 aromatic carbocycles. The summed E-state index contributed by atoms with van der Waals surface area (Å²) in [5.41, 5.74) is 7.86. The molecule has 0 bridgehead atoms. The summed E-state index contributed by atoms with van der Waals surface area (Å²) >= 11 is 0. The molecule has 18 heavy (non-hydrogen) atoms. The third kappa shape index (κ3) is 2.65. The number of anilines is 1. The Kier molecular flexibility index (Phi) is 3.27. The third-order valence-corrected chi connectivity index (χ3v) is 2.60. The molecule has 0 atom stereocenters. The van der Waals surface area contributed by atoms with Crippen LogP contribution in [0.1, 0.15) is 21.7 Å². The number of nitrogens with two attached hydrogens (primary N) is 1. The Balaban J connectivity index is 2.01. The lowest BCUT2D eigenvalue weighted by Crippen LogP contribution is -2.23. The first kappa shape index (κ1) is 12.1. The molecule has 0 spiro atoms. The second kappa shape index (κ2) is 4.87. The van der Waals surface area contributed by atoms with Crippen LogP contribution in [0.2, 0.25) is 0 Å². The zero-order valence-corrected chi connectivity index (χ0v) is 10.3. The van der Waals surface area contributed by atoms with Gasteiger partial charge in [-0.25, -0.2) is 4.98 Å². The molecule has 94 valence electrons. The lowest BCUT2D eigenvalue weighted by Gasteiger charge is -2.05. The Labute approximate surface area is 105 Å². The van der Waals surface area contributed by atoms with Crippen LogP contribution in [0.5, 0.6) is 0 Å². The average molecular weight is 245 g/mol. The maximum Gasteiger partial charge on any atom is 0.251 e. The second-order valence-electron chi connectivity index (χ2n) is 4.09. The fourth-order valence-corrected chi connectivity index (χ4v) is 1.51. The number of nitrogens with zero attached hydrogens (tertiary/aromatic N) is 3. The van der Waals surface area contributed by atoms with Crippen molar-refractivity contribution in [1.29, 1.82) is 0 Å². The maximum absolute atomic E-state index is 11.9. The minimum atomic E-state index is -0.186. The first-order valence-electron chi connectivity index (χ1n) is 5.55. The molecule has 1 heterocycles. The topological polar surface area (TPSA) is 85.8 Å². The van der Waals surface area contributed by atoms with Gasteiger partial charge in [0.2, 0.25) is 0 Å². The fourth-order valence-electron chi connectivity index (χ4n) is 1.51. The van der Waals surface area contributed by atoms with Crippen molar-refractivity contribution in [1.82, 2.24) is 20.1 Å². The molecule has 0 aliphatic carbocycles. The van der Waals surface area contributed by atoms with Gasteiger partial charge >= 0.3 is 0 Å². The van der Waals surface area contributed by atoms with E-state index in [1.807, 2.05) is 13.0 Å². The number of nitrogens with one attached hydrogen (secondary N) is 1. The van der Waals surface area contributed by atoms with E-state index in [0.717, 1.165) is 5.56 Å². The Morgan fingerprint density at radius 2 is 2.28 bits per heavy atom. The van der Waals surface area contributed by atoms with Gasteiger partial charge in [-0.15, -0.1) is 0 Å². The van der Waals surface area contributed by atoms with Crippen molar-refractivity contribution >= 4 is 11.6 Å². The van der Waals surface area contributed by atoms with Crippen molar-refractivity contribution in [3.8, 4) is 0 Å². The summed E-state index contributed by atoms with van der Waals surface area (Å²) < 4.78 is 1.59. The minimum absolute atomic E-state index is 0.186. The molecule has 0 aliphatic rings. The van der Waals surface area contributed by atoms with E-state index < -0.39 is 0 Å². The second-order valence-corrected chi connectivity index (χ2v) is 4.09. The van der Waals surface area contributed by atoms with E-state index >= 15 is 0 Å². The standard InChI is InChI=1S/C12H15N5O/c1-8-3-4-9(5-10(8)13)12(18)14-6-11-15-7-17(2)16-11/h3-5,7H,6,13H2,1-2H3,(H,14,18). The normalized spacial score (nSPS) is 10.3. The molecule has 0 fully saturated rings. The van der Waals surface area contributed by atoms with Crippen LogP contribution >= 0.6 is 0 Å². The summed E-state index contributed by atoms with van der Waals surface area (Å²) in [5, 5.41) is 6.82. The smallest absolute Gasteiger partial charge is 0.251 e. The third-order valence-electron chi connectivity index (χ3n) is 2.60. The molecule has 0 saturated carbocycles. The quantitative estimate of drug-likeness (QED) is 0.777. The van der Waals surface area contributed by atoms with E-state index in [1.165, 1.54) is 0 Å². The predicted octanol–water partition coefficient (Wildman–Crippen LogP) is 0.636. The lowest BCUT2D eigenvalue weighted by molar-refractivity contribution is 0.0950. The SMILES string of the molecule is Cc1ccc(C(=O)NCc2ncn(C)n2)cc1N. The molecular weight excluding hydrogens is 230 g/mol. The molecule has 2 rings (SSSR count). The van der Waals surface area contributed by atoms with Crippen LogP contribution in [0.25, 0.3) is 0 Å². The van der Waals surface area contributed by atoms with Crippen molar-refractivity contribution in [3.05, 3.63) is 41.5 Å². The first-order chi connectivity index (χ1) is 8.56. The molecule has 1 amide bonds. The summed E-state index contributed by atoms with van der Waals surface area (Å²) in [4.78, 5) is 15.9. The van der Waals surface area contributed by atoms with Gasteiger partial charge in [0, 0.05) is 18.3 Å². The number of aromatic nitrogens is 3. The highest BCUT2D eigenvalue weighted by atomic mass is 16.1. The van der Waals surface area contributed by atoms with Crippen molar-refractivity contribution < 1.29 is 4.79 Å². The van der Waals surface area contributed by atoms with Gasteiger partial charge in [0.1, 0.15) is 6.33 Å². The fraction of sp³-hybridized carbons (Fsp3) is 0.250. The number of hydrogen-bond acceptors (Lipinski definition) is 4. The number of amides is 1. The van der Waals surface area contributed by atoms with Gasteiger partial charge in [-0.05, 0) is 24.6 Å². The average Bonchev–Trinajstić information content (AvgIpc) is 2.75. The van der Waals surface area contributed by atoms with Crippen molar-refractivity contribution in [2.75, 3.05) is 5.73 Å². The number of carbonyl (C=O) groups excluding carboxylic acids is 1. The lowest BCUT2D eigenvalue weighted by atomic mass is 10.1. The van der Waals surface area contributed by atoms with Crippen LogP contribution in [0.3, 0.4) is 0 Å². The molecule has 0 saturated heterocycles. The van der Waals surface area contributed by atoms with Crippen molar-refractivity contribution in [3.63, 3.8) is 0 Å². The largest absolute Gasteiger partial charge is 0.398 e. The highest BCUT2D eigenvalue weighted by Gasteiger charge is 2.07. The van der Waals surface area contributed by atoms with Gasteiger partial charge < -0.3 is 11.1 Å². The van der Waals surface area contributed by atoms with E-state index in [-0.39, 0.29) is 5.91 Å². The van der Waals surface area contributed by atoms with E-state index in [2.05, 4.69) is 15.4 Å². The van der Waals surface area contributed by atoms with Crippen LogP contribution < -0.4 is 11.1 Å². The van der Waals surface area contributed by atoms with Gasteiger partial charge in [-0.3, -0.25) is 9.48 Å². The molecule has 3 N–H and O–H groups in total. The summed E-state index contributed by atoms with van der Waals surface area (Å²) in [7, 11) is 1.78. The predicted molar refractivity (Wildman–Crippen MR) is 67.8 cm³/mol. The molecule has 0 unspecified atom stereocenters. The highest BCUT2D eigenvalue weighted by molar-refractivity contribution is 5.95. The van der Waals surface area contributed by atoms with Crippen LogP contribution in [-0.2, 0) is 13.6 Å². The monoisotopic (exact) mass is 245 g/mol. The highest BCUT2D eigenvalue weighted by Crippen LogP contribution is 2.12. The van der Waals surface area contributed by atoms with E-state index in [4.69, 9.17) is 5.73 Å². The Hall–Kier alpha value is -2.37. The minimum Gasteiger partial charge on any atom is -0.398 e. The van der Waals surface area contributed by atoms with Gasteiger partial charge in [0.15, 0.2) is 5.82 Å². The van der Waals surface area contributed by atoms with Gasteiger partial charge in [0.05, 0.1) is 6.54 Å². The van der Waals surface area contributed by atoms with Crippen LogP contribution in [0.15, 0.2) is 24.5 Å². The van der Waals surface area contributed by atoms with E-state index in [0.29, 0.717) is 23.6 Å². The Bertz CT molecular complexity index is 576.